The number of hydrogen-bond acceptors (Lipinski definition) is 3. The van der Waals surface area contributed by atoms with E-state index < -0.39 is 11.9 Å². The first-order valence-corrected chi connectivity index (χ1v) is 5.68. The van der Waals surface area contributed by atoms with Crippen molar-refractivity contribution in [2.24, 2.45) is 0 Å². The molecule has 0 fully saturated rings. The first-order chi connectivity index (χ1) is 8.11. The van der Waals surface area contributed by atoms with Gasteiger partial charge in [0.1, 0.15) is 23.4 Å². The number of halogens is 2. The molecule has 1 N–H and O–H groups in total. The molecule has 1 aromatic heterocycles. The van der Waals surface area contributed by atoms with Gasteiger partial charge in [-0.2, -0.15) is 0 Å². The lowest BCUT2D eigenvalue weighted by molar-refractivity contribution is 0.183. The van der Waals surface area contributed by atoms with E-state index in [1.807, 2.05) is 0 Å². The monoisotopic (exact) mass is 300 g/mol. The van der Waals surface area contributed by atoms with Crippen LogP contribution < -0.4 is 4.74 Å². The molecule has 1 aromatic carbocycles. The first-order valence-electron chi connectivity index (χ1n) is 4.88. The third kappa shape index (κ3) is 2.50. The maximum atomic E-state index is 13.2. The Hall–Kier alpha value is -1.33. The molecule has 0 radical (unpaired) electrons. The molecule has 0 saturated heterocycles. The summed E-state index contributed by atoms with van der Waals surface area (Å²) in [5, 5.41) is 10.1. The lowest BCUT2D eigenvalue weighted by Crippen LogP contribution is -2.02. The number of furan rings is 1. The van der Waals surface area contributed by atoms with Crippen LogP contribution in [0.5, 0.6) is 5.75 Å². The summed E-state index contributed by atoms with van der Waals surface area (Å²) < 4.78 is 24.0. The van der Waals surface area contributed by atoms with Gasteiger partial charge in [-0.05, 0) is 46.3 Å². The minimum atomic E-state index is -1.06. The second-order valence-electron chi connectivity index (χ2n) is 3.43. The molecule has 2 rings (SSSR count). The van der Waals surface area contributed by atoms with Gasteiger partial charge in [0, 0.05) is 5.56 Å². The Kier molecular flexibility index (Phi) is 3.49. The van der Waals surface area contributed by atoms with Crippen LogP contribution in [0.4, 0.5) is 4.39 Å². The van der Waals surface area contributed by atoms with Crippen molar-refractivity contribution in [3.63, 3.8) is 0 Å². The van der Waals surface area contributed by atoms with Gasteiger partial charge in [0.15, 0.2) is 4.67 Å². The molecule has 1 heterocycles. The van der Waals surface area contributed by atoms with Crippen molar-refractivity contribution < 1.29 is 18.7 Å². The highest BCUT2D eigenvalue weighted by atomic mass is 79.9. The van der Waals surface area contributed by atoms with Gasteiger partial charge in [0.25, 0.3) is 0 Å². The predicted octanol–water partition coefficient (Wildman–Crippen LogP) is 3.27. The van der Waals surface area contributed by atoms with E-state index in [1.165, 1.54) is 25.3 Å². The van der Waals surface area contributed by atoms with Gasteiger partial charge in [-0.25, -0.2) is 4.39 Å². The smallest absolute Gasteiger partial charge is 0.169 e. The Morgan fingerprint density at radius 3 is 2.71 bits per heavy atom. The van der Waals surface area contributed by atoms with Crippen molar-refractivity contribution in [1.29, 1.82) is 0 Å². The summed E-state index contributed by atoms with van der Waals surface area (Å²) in [5.41, 5.74) is 0.328. The van der Waals surface area contributed by atoms with Gasteiger partial charge in [0.2, 0.25) is 0 Å². The predicted molar refractivity (Wildman–Crippen MR) is 63.4 cm³/mol. The van der Waals surface area contributed by atoms with Gasteiger partial charge < -0.3 is 14.3 Å². The van der Waals surface area contributed by atoms with E-state index in [1.54, 1.807) is 12.1 Å². The summed E-state index contributed by atoms with van der Waals surface area (Å²) in [6.45, 7) is 0. The summed E-state index contributed by atoms with van der Waals surface area (Å²) in [7, 11) is 1.46. The third-order valence-electron chi connectivity index (χ3n) is 2.35. The average molecular weight is 301 g/mol. The van der Waals surface area contributed by atoms with Crippen LogP contribution in [-0.2, 0) is 0 Å². The molecule has 90 valence electrons. The lowest BCUT2D eigenvalue weighted by atomic mass is 10.1. The van der Waals surface area contributed by atoms with E-state index in [4.69, 9.17) is 9.15 Å². The minimum Gasteiger partial charge on any atom is -0.496 e. The highest BCUT2D eigenvalue weighted by Gasteiger charge is 2.19. The van der Waals surface area contributed by atoms with Crippen LogP contribution in [0.2, 0.25) is 0 Å². The van der Waals surface area contributed by atoms with Crippen LogP contribution in [0.15, 0.2) is 39.4 Å². The summed E-state index contributed by atoms with van der Waals surface area (Å²) >= 11 is 3.14. The largest absolute Gasteiger partial charge is 0.496 e. The van der Waals surface area contributed by atoms with E-state index in [0.29, 0.717) is 21.7 Å². The number of methoxy groups -OCH3 is 1. The third-order valence-corrected chi connectivity index (χ3v) is 2.78. The van der Waals surface area contributed by atoms with Crippen LogP contribution in [0.25, 0.3) is 0 Å². The average Bonchev–Trinajstić information content (AvgIpc) is 2.75. The second-order valence-corrected chi connectivity index (χ2v) is 4.21. The topological polar surface area (TPSA) is 42.6 Å². The van der Waals surface area contributed by atoms with Gasteiger partial charge in [-0.15, -0.1) is 0 Å². The molecule has 1 atom stereocenters. The van der Waals surface area contributed by atoms with Crippen LogP contribution in [-0.4, -0.2) is 12.2 Å². The Morgan fingerprint density at radius 1 is 1.35 bits per heavy atom. The molecule has 17 heavy (non-hydrogen) atoms. The molecule has 0 amide bonds. The lowest BCUT2D eigenvalue weighted by Gasteiger charge is -2.12. The summed E-state index contributed by atoms with van der Waals surface area (Å²) in [6.07, 6.45) is -1.06. The molecule has 0 aliphatic rings. The molecule has 0 aliphatic heterocycles. The maximum absolute atomic E-state index is 13.2. The van der Waals surface area contributed by atoms with Crippen LogP contribution >= 0.6 is 15.9 Å². The Balaban J connectivity index is 2.42. The molecular weight excluding hydrogens is 291 g/mol. The maximum Gasteiger partial charge on any atom is 0.169 e. The molecular formula is C12H10BrFO3. The van der Waals surface area contributed by atoms with Gasteiger partial charge >= 0.3 is 0 Å². The highest BCUT2D eigenvalue weighted by Crippen LogP contribution is 2.32. The Bertz CT molecular complexity index is 524. The zero-order valence-corrected chi connectivity index (χ0v) is 10.6. The van der Waals surface area contributed by atoms with Crippen LogP contribution in [0.3, 0.4) is 0 Å². The molecule has 5 heteroatoms. The number of aliphatic hydroxyl groups excluding tert-OH is 1. The summed E-state index contributed by atoms with van der Waals surface area (Å²) in [4.78, 5) is 0. The second kappa shape index (κ2) is 4.89. The zero-order valence-electron chi connectivity index (χ0n) is 8.98. The molecule has 0 spiro atoms. The SMILES string of the molecule is COc1ccc(F)cc1C(O)c1ccc(Br)o1. The first kappa shape index (κ1) is 12.1. The van der Waals surface area contributed by atoms with Crippen molar-refractivity contribution >= 4 is 15.9 Å². The normalized spacial score (nSPS) is 12.5. The van der Waals surface area contributed by atoms with E-state index in [0.717, 1.165) is 0 Å². The number of hydrogen-bond donors (Lipinski definition) is 1. The van der Waals surface area contributed by atoms with E-state index in [2.05, 4.69) is 15.9 Å². The van der Waals surface area contributed by atoms with Crippen molar-refractivity contribution in [2.45, 2.75) is 6.10 Å². The Labute approximate surface area is 106 Å². The molecule has 1 unspecified atom stereocenters. The van der Waals surface area contributed by atoms with Crippen molar-refractivity contribution in [3.05, 3.63) is 52.1 Å². The van der Waals surface area contributed by atoms with Crippen molar-refractivity contribution in [2.75, 3.05) is 7.11 Å². The van der Waals surface area contributed by atoms with Crippen molar-refractivity contribution in [1.82, 2.24) is 0 Å². The quantitative estimate of drug-likeness (QED) is 0.946. The number of rotatable bonds is 3. The van der Waals surface area contributed by atoms with E-state index in [9.17, 15) is 9.50 Å². The fourth-order valence-electron chi connectivity index (χ4n) is 1.55. The molecule has 3 nitrogen and oxygen atoms in total. The summed E-state index contributed by atoms with van der Waals surface area (Å²) in [6, 6.07) is 7.22. The van der Waals surface area contributed by atoms with E-state index in [-0.39, 0.29) is 0 Å². The molecule has 0 saturated carbocycles. The Morgan fingerprint density at radius 2 is 2.12 bits per heavy atom. The van der Waals surface area contributed by atoms with Crippen LogP contribution in [0, 0.1) is 5.82 Å². The fraction of sp³-hybridized carbons (Fsp3) is 0.167. The van der Waals surface area contributed by atoms with Gasteiger partial charge in [0.05, 0.1) is 7.11 Å². The molecule has 0 bridgehead atoms. The zero-order chi connectivity index (χ0) is 12.4. The highest BCUT2D eigenvalue weighted by molar-refractivity contribution is 9.10. The minimum absolute atomic E-state index is 0.320. The van der Waals surface area contributed by atoms with Crippen molar-refractivity contribution in [3.8, 4) is 5.75 Å². The van der Waals surface area contributed by atoms with Gasteiger partial charge in [-0.3, -0.25) is 0 Å². The van der Waals surface area contributed by atoms with Crippen LogP contribution in [0.1, 0.15) is 17.4 Å². The molecule has 2 aromatic rings. The van der Waals surface area contributed by atoms with E-state index >= 15 is 0 Å². The standard InChI is InChI=1S/C12H10BrFO3/c1-16-9-3-2-7(14)6-8(9)12(15)10-4-5-11(13)17-10/h2-6,12,15H,1H3. The number of ether oxygens (including phenoxy) is 1. The number of aliphatic hydroxyl groups is 1. The number of benzene rings is 1. The van der Waals surface area contributed by atoms with Gasteiger partial charge in [-0.1, -0.05) is 0 Å². The summed E-state index contributed by atoms with van der Waals surface area (Å²) in [5.74, 6) is 0.290. The fourth-order valence-corrected chi connectivity index (χ4v) is 1.87. The molecule has 0 aliphatic carbocycles.